The first-order valence-corrected chi connectivity index (χ1v) is 12.8. The highest BCUT2D eigenvalue weighted by atomic mass is 19.3. The average Bonchev–Trinajstić information content (AvgIpc) is 3.01. The summed E-state index contributed by atoms with van der Waals surface area (Å²) in [5.41, 5.74) is 2.31. The molecule has 0 aliphatic rings. The molecule has 0 radical (unpaired) electrons. The molecule has 232 valence electrons. The minimum atomic E-state index is -2.13. The summed E-state index contributed by atoms with van der Waals surface area (Å²) in [5.74, 6) is -0.0362. The molecule has 0 aliphatic carbocycles. The van der Waals surface area contributed by atoms with Crippen LogP contribution < -0.4 is 18.9 Å². The van der Waals surface area contributed by atoms with Crippen LogP contribution in [0.4, 0.5) is 17.6 Å². The van der Waals surface area contributed by atoms with Gasteiger partial charge in [0.1, 0.15) is 24.4 Å². The Morgan fingerprint density at radius 3 is 1.71 bits per heavy atom. The first-order valence-electron chi connectivity index (χ1n) is 12.8. The molecule has 0 bridgehead atoms. The number of carbonyl (C=O) groups is 2. The van der Waals surface area contributed by atoms with Gasteiger partial charge in [-0.05, 0) is 54.8 Å². The van der Waals surface area contributed by atoms with Crippen LogP contribution in [0, 0.1) is 0 Å². The fourth-order valence-electron chi connectivity index (χ4n) is 2.85. The molecule has 7 nitrogen and oxygen atoms in total. The lowest BCUT2D eigenvalue weighted by molar-refractivity contribution is -0.120. The number of rotatable bonds is 13. The van der Waals surface area contributed by atoms with Crippen LogP contribution in [0.2, 0.25) is 0 Å². The summed E-state index contributed by atoms with van der Waals surface area (Å²) in [7, 11) is 1.57. The molecule has 0 fully saturated rings. The standard InChI is InChI=1S/C24H22F4O6.C3H4O.2C2H6/c1-15(17-4-6-18(7-5-17)31-9-8-30-3)16(2)19-10-21(33-13-24(27)28)22(34-14-29)11-20(19)32-12-23(25)26;1-2-3-4;2*1-2/h4-7,10-14H,8-9H2,1-3H3;2-3H,1H2;2*1-2H3/b16-15+;;;. The molecule has 0 aromatic heterocycles. The zero-order chi connectivity index (χ0) is 32.5. The first-order chi connectivity index (χ1) is 20.2. The van der Waals surface area contributed by atoms with Crippen molar-refractivity contribution in [1.82, 2.24) is 0 Å². The van der Waals surface area contributed by atoms with Crippen molar-refractivity contribution in [2.24, 2.45) is 0 Å². The van der Waals surface area contributed by atoms with Crippen molar-refractivity contribution < 1.29 is 50.8 Å². The molecule has 0 N–H and O–H groups in total. The number of methoxy groups -OCH3 is 1. The summed E-state index contributed by atoms with van der Waals surface area (Å²) in [5, 5.41) is 0. The van der Waals surface area contributed by atoms with E-state index in [-0.39, 0.29) is 41.8 Å². The third-order valence-corrected chi connectivity index (χ3v) is 4.68. The van der Waals surface area contributed by atoms with Gasteiger partial charge in [-0.3, -0.25) is 9.59 Å². The lowest BCUT2D eigenvalue weighted by atomic mass is 9.96. The minimum absolute atomic E-state index is 0.0386. The third kappa shape index (κ3) is 15.4. The molecule has 2 aromatic carbocycles. The van der Waals surface area contributed by atoms with Crippen molar-refractivity contribution in [2.75, 3.05) is 20.3 Å². The SMILES string of the molecule is C=CC=O.CC.CC.COCCOc1ccc(/C(C)=C(\C)c2cc(OC=C(F)F)c(OC=O)cc2OC=C(F)F)cc1. The van der Waals surface area contributed by atoms with Gasteiger partial charge >= 0.3 is 12.2 Å². The normalized spacial score (nSPS) is 9.79. The topological polar surface area (TPSA) is 80.3 Å². The van der Waals surface area contributed by atoms with Gasteiger partial charge in [0.05, 0.1) is 6.61 Å². The van der Waals surface area contributed by atoms with E-state index in [1.807, 2.05) is 27.7 Å². The van der Waals surface area contributed by atoms with E-state index < -0.39 is 12.2 Å². The Morgan fingerprint density at radius 1 is 0.762 bits per heavy atom. The summed E-state index contributed by atoms with van der Waals surface area (Å²) in [6, 6.07) is 9.44. The van der Waals surface area contributed by atoms with Gasteiger partial charge in [0, 0.05) is 18.7 Å². The Hall–Kier alpha value is -4.38. The Bertz CT molecular complexity index is 1160. The number of benzene rings is 2. The highest BCUT2D eigenvalue weighted by molar-refractivity contribution is 5.91. The maximum absolute atomic E-state index is 12.7. The van der Waals surface area contributed by atoms with E-state index in [2.05, 4.69) is 6.58 Å². The van der Waals surface area contributed by atoms with Crippen molar-refractivity contribution in [3.8, 4) is 23.0 Å². The van der Waals surface area contributed by atoms with Crippen LogP contribution in [0.1, 0.15) is 52.7 Å². The molecular formula is C31H38F4O7. The van der Waals surface area contributed by atoms with Crippen molar-refractivity contribution in [3.63, 3.8) is 0 Å². The van der Waals surface area contributed by atoms with Crippen LogP contribution in [0.3, 0.4) is 0 Å². The number of halogens is 4. The number of ether oxygens (including phenoxy) is 5. The summed E-state index contributed by atoms with van der Waals surface area (Å²) in [4.78, 5) is 19.9. The second-order valence-electron chi connectivity index (χ2n) is 7.05. The molecule has 0 aliphatic heterocycles. The minimum Gasteiger partial charge on any atom is -0.491 e. The smallest absolute Gasteiger partial charge is 0.305 e. The zero-order valence-electron chi connectivity index (χ0n) is 24.8. The summed E-state index contributed by atoms with van der Waals surface area (Å²) < 4.78 is 75.6. The monoisotopic (exact) mass is 598 g/mol. The van der Waals surface area contributed by atoms with Crippen LogP contribution in [-0.2, 0) is 14.3 Å². The Labute approximate surface area is 244 Å². The lowest BCUT2D eigenvalue weighted by Crippen LogP contribution is -2.04. The number of hydrogen-bond donors (Lipinski definition) is 0. The first kappa shape index (κ1) is 39.8. The van der Waals surface area contributed by atoms with Gasteiger partial charge in [-0.15, -0.1) is 0 Å². The third-order valence-electron chi connectivity index (χ3n) is 4.68. The maximum Gasteiger partial charge on any atom is 0.305 e. The molecule has 0 saturated heterocycles. The Morgan fingerprint density at radius 2 is 1.26 bits per heavy atom. The predicted octanol–water partition coefficient (Wildman–Crippen LogP) is 8.85. The van der Waals surface area contributed by atoms with Crippen LogP contribution in [-0.4, -0.2) is 33.1 Å². The van der Waals surface area contributed by atoms with Crippen LogP contribution >= 0.6 is 0 Å². The second-order valence-corrected chi connectivity index (χ2v) is 7.05. The maximum atomic E-state index is 12.7. The zero-order valence-corrected chi connectivity index (χ0v) is 24.8. The van der Waals surface area contributed by atoms with E-state index in [0.29, 0.717) is 30.8 Å². The molecule has 42 heavy (non-hydrogen) atoms. The summed E-state index contributed by atoms with van der Waals surface area (Å²) in [6.45, 7) is 15.4. The number of aldehydes is 1. The van der Waals surface area contributed by atoms with E-state index in [1.165, 1.54) is 12.1 Å². The average molecular weight is 599 g/mol. The molecule has 0 heterocycles. The second kappa shape index (κ2) is 24.4. The van der Waals surface area contributed by atoms with Crippen molar-refractivity contribution in [1.29, 1.82) is 0 Å². The van der Waals surface area contributed by atoms with Gasteiger partial charge in [-0.1, -0.05) is 46.4 Å². The molecule has 0 atom stereocenters. The molecule has 0 unspecified atom stereocenters. The van der Waals surface area contributed by atoms with Gasteiger partial charge in [-0.2, -0.15) is 17.6 Å². The largest absolute Gasteiger partial charge is 0.491 e. The van der Waals surface area contributed by atoms with Crippen LogP contribution in [0.15, 0.2) is 73.7 Å². The molecule has 0 saturated carbocycles. The van der Waals surface area contributed by atoms with Crippen molar-refractivity contribution in [3.05, 3.63) is 84.9 Å². The fourth-order valence-corrected chi connectivity index (χ4v) is 2.85. The highest BCUT2D eigenvalue weighted by Gasteiger charge is 2.17. The highest BCUT2D eigenvalue weighted by Crippen LogP contribution is 2.41. The molecule has 0 amide bonds. The van der Waals surface area contributed by atoms with Gasteiger partial charge in [0.2, 0.25) is 0 Å². The molecule has 11 heteroatoms. The summed E-state index contributed by atoms with van der Waals surface area (Å²) >= 11 is 0. The molecule has 2 rings (SSSR count). The van der Waals surface area contributed by atoms with Crippen LogP contribution in [0.25, 0.3) is 11.1 Å². The Kier molecular flexibility index (Phi) is 23.1. The summed E-state index contributed by atoms with van der Waals surface area (Å²) in [6.07, 6.45) is -2.03. The number of carbonyl (C=O) groups excluding carboxylic acids is 2. The van der Waals surface area contributed by atoms with E-state index >= 15 is 0 Å². The number of allylic oxidation sites excluding steroid dienone is 3. The number of hydrogen-bond acceptors (Lipinski definition) is 7. The van der Waals surface area contributed by atoms with Gasteiger partial charge in [-0.25, -0.2) is 0 Å². The quantitative estimate of drug-likeness (QED) is 0.0569. The lowest BCUT2D eigenvalue weighted by Gasteiger charge is -2.16. The van der Waals surface area contributed by atoms with E-state index in [1.54, 1.807) is 45.2 Å². The van der Waals surface area contributed by atoms with Crippen LogP contribution in [0.5, 0.6) is 23.0 Å². The van der Waals surface area contributed by atoms with E-state index in [0.717, 1.165) is 17.2 Å². The van der Waals surface area contributed by atoms with Gasteiger partial charge in [0.25, 0.3) is 6.47 Å². The van der Waals surface area contributed by atoms with Gasteiger partial charge in [0.15, 0.2) is 24.0 Å². The van der Waals surface area contributed by atoms with Gasteiger partial charge < -0.3 is 23.7 Å². The molecule has 2 aromatic rings. The Balaban J connectivity index is 0. The predicted molar refractivity (Wildman–Crippen MR) is 156 cm³/mol. The van der Waals surface area contributed by atoms with Crippen molar-refractivity contribution in [2.45, 2.75) is 41.5 Å². The fraction of sp³-hybridized carbons (Fsp3) is 0.290. The molecular weight excluding hydrogens is 560 g/mol. The van der Waals surface area contributed by atoms with E-state index in [4.69, 9.17) is 28.5 Å². The van der Waals surface area contributed by atoms with Crippen molar-refractivity contribution >= 4 is 23.9 Å². The molecule has 0 spiro atoms. The van der Waals surface area contributed by atoms with E-state index in [9.17, 15) is 22.4 Å².